The van der Waals surface area contributed by atoms with Crippen molar-refractivity contribution in [2.75, 3.05) is 0 Å². The van der Waals surface area contributed by atoms with E-state index < -0.39 is 0 Å². The quantitative estimate of drug-likeness (QED) is 0.755. The minimum atomic E-state index is 0.0717. The summed E-state index contributed by atoms with van der Waals surface area (Å²) in [6, 6.07) is 0. The lowest BCUT2D eigenvalue weighted by Gasteiger charge is -2.07. The SMILES string of the molecule is CC(C)c1[nH]c(=O)sc1C(C)C. The average molecular weight is 185 g/mol. The second-order valence-electron chi connectivity index (χ2n) is 3.60. The third-order valence-electron chi connectivity index (χ3n) is 1.81. The van der Waals surface area contributed by atoms with Crippen LogP contribution in [0.5, 0.6) is 0 Å². The monoisotopic (exact) mass is 185 g/mol. The van der Waals surface area contributed by atoms with Gasteiger partial charge in [-0.15, -0.1) is 0 Å². The van der Waals surface area contributed by atoms with Gasteiger partial charge in [-0.1, -0.05) is 39.0 Å². The molecule has 0 amide bonds. The van der Waals surface area contributed by atoms with E-state index in [9.17, 15) is 4.79 Å². The zero-order chi connectivity index (χ0) is 9.30. The molecule has 68 valence electrons. The largest absolute Gasteiger partial charge is 0.316 e. The first kappa shape index (κ1) is 9.52. The fraction of sp³-hybridized carbons (Fsp3) is 0.667. The van der Waals surface area contributed by atoms with Gasteiger partial charge < -0.3 is 4.98 Å². The van der Waals surface area contributed by atoms with Crippen molar-refractivity contribution in [1.29, 1.82) is 0 Å². The summed E-state index contributed by atoms with van der Waals surface area (Å²) in [4.78, 5) is 15.2. The molecule has 0 saturated carbocycles. The molecule has 0 radical (unpaired) electrons. The molecule has 12 heavy (non-hydrogen) atoms. The highest BCUT2D eigenvalue weighted by atomic mass is 32.1. The van der Waals surface area contributed by atoms with E-state index >= 15 is 0 Å². The van der Waals surface area contributed by atoms with Gasteiger partial charge >= 0.3 is 4.87 Å². The Morgan fingerprint density at radius 3 is 2.08 bits per heavy atom. The normalized spacial score (nSPS) is 11.5. The molecule has 0 aliphatic rings. The van der Waals surface area contributed by atoms with Crippen LogP contribution in [-0.2, 0) is 0 Å². The van der Waals surface area contributed by atoms with Crippen LogP contribution in [0.2, 0.25) is 0 Å². The van der Waals surface area contributed by atoms with Gasteiger partial charge in [-0.25, -0.2) is 0 Å². The van der Waals surface area contributed by atoms with E-state index in [0.717, 1.165) is 5.69 Å². The first-order valence-electron chi connectivity index (χ1n) is 4.25. The molecule has 2 nitrogen and oxygen atoms in total. The molecule has 0 fully saturated rings. The molecule has 0 aliphatic heterocycles. The van der Waals surface area contributed by atoms with Gasteiger partial charge in [0.15, 0.2) is 0 Å². The number of rotatable bonds is 2. The molecular weight excluding hydrogens is 170 g/mol. The molecule has 0 atom stereocenters. The highest BCUT2D eigenvalue weighted by Crippen LogP contribution is 2.25. The van der Waals surface area contributed by atoms with Gasteiger partial charge in [-0.05, 0) is 11.8 Å². The minimum Gasteiger partial charge on any atom is -0.316 e. The Kier molecular flexibility index (Phi) is 2.73. The maximum Gasteiger partial charge on any atom is 0.304 e. The van der Waals surface area contributed by atoms with Gasteiger partial charge in [-0.3, -0.25) is 4.79 Å². The second kappa shape index (κ2) is 3.44. The molecule has 1 aromatic heterocycles. The summed E-state index contributed by atoms with van der Waals surface area (Å²) in [6.45, 7) is 8.43. The van der Waals surface area contributed by atoms with Crippen LogP contribution in [0, 0.1) is 0 Å². The zero-order valence-corrected chi connectivity index (χ0v) is 8.79. The standard InChI is InChI=1S/C9H15NOS/c1-5(2)7-8(6(3)4)12-9(11)10-7/h5-6H,1-4H3,(H,10,11). The highest BCUT2D eigenvalue weighted by Gasteiger charge is 2.13. The molecule has 1 heterocycles. The average Bonchev–Trinajstić information content (AvgIpc) is 2.31. The number of aromatic nitrogens is 1. The first-order chi connectivity index (χ1) is 5.52. The Morgan fingerprint density at radius 1 is 1.17 bits per heavy atom. The van der Waals surface area contributed by atoms with E-state index in [1.54, 1.807) is 0 Å². The van der Waals surface area contributed by atoms with Crippen molar-refractivity contribution in [3.63, 3.8) is 0 Å². The van der Waals surface area contributed by atoms with Crippen LogP contribution in [0.15, 0.2) is 4.79 Å². The van der Waals surface area contributed by atoms with Crippen molar-refractivity contribution in [3.8, 4) is 0 Å². The fourth-order valence-electron chi connectivity index (χ4n) is 1.21. The lowest BCUT2D eigenvalue weighted by Crippen LogP contribution is -1.98. The number of thiazole rings is 1. The summed E-state index contributed by atoms with van der Waals surface area (Å²) in [7, 11) is 0. The summed E-state index contributed by atoms with van der Waals surface area (Å²) < 4.78 is 0. The van der Waals surface area contributed by atoms with Crippen molar-refractivity contribution in [1.82, 2.24) is 4.98 Å². The number of H-pyrrole nitrogens is 1. The van der Waals surface area contributed by atoms with Crippen molar-refractivity contribution in [2.45, 2.75) is 39.5 Å². The number of nitrogens with one attached hydrogen (secondary N) is 1. The highest BCUT2D eigenvalue weighted by molar-refractivity contribution is 7.09. The summed E-state index contributed by atoms with van der Waals surface area (Å²) in [5, 5.41) is 0. The topological polar surface area (TPSA) is 32.9 Å². The van der Waals surface area contributed by atoms with Crippen LogP contribution < -0.4 is 4.87 Å². The summed E-state index contributed by atoms with van der Waals surface area (Å²) in [6.07, 6.45) is 0. The van der Waals surface area contributed by atoms with E-state index in [1.807, 2.05) is 0 Å². The van der Waals surface area contributed by atoms with Gasteiger partial charge in [0.25, 0.3) is 0 Å². The Bertz CT molecular complexity index is 280. The smallest absolute Gasteiger partial charge is 0.304 e. The fourth-order valence-corrected chi connectivity index (χ4v) is 2.20. The van der Waals surface area contributed by atoms with Crippen LogP contribution in [0.25, 0.3) is 0 Å². The number of hydrogen-bond acceptors (Lipinski definition) is 2. The molecule has 1 aromatic rings. The molecule has 1 rings (SSSR count). The summed E-state index contributed by atoms with van der Waals surface area (Å²) in [5.41, 5.74) is 1.11. The Hall–Kier alpha value is -0.570. The van der Waals surface area contributed by atoms with E-state index in [-0.39, 0.29) is 4.87 Å². The van der Waals surface area contributed by atoms with Crippen LogP contribution in [0.1, 0.15) is 50.1 Å². The molecule has 3 heteroatoms. The number of hydrogen-bond donors (Lipinski definition) is 1. The molecular formula is C9H15NOS. The van der Waals surface area contributed by atoms with Crippen molar-refractivity contribution in [2.24, 2.45) is 0 Å². The summed E-state index contributed by atoms with van der Waals surface area (Å²) >= 11 is 1.34. The molecule has 0 aliphatic carbocycles. The van der Waals surface area contributed by atoms with Crippen molar-refractivity contribution >= 4 is 11.3 Å². The van der Waals surface area contributed by atoms with E-state index in [2.05, 4.69) is 32.7 Å². The summed E-state index contributed by atoms with van der Waals surface area (Å²) in [5.74, 6) is 0.868. The molecule has 0 saturated heterocycles. The van der Waals surface area contributed by atoms with E-state index in [4.69, 9.17) is 0 Å². The Balaban J connectivity index is 3.17. The molecule has 0 spiro atoms. The van der Waals surface area contributed by atoms with E-state index in [0.29, 0.717) is 11.8 Å². The predicted molar refractivity (Wildman–Crippen MR) is 53.1 cm³/mol. The van der Waals surface area contributed by atoms with Gasteiger partial charge in [0.2, 0.25) is 0 Å². The molecule has 0 bridgehead atoms. The van der Waals surface area contributed by atoms with Crippen LogP contribution in [0.4, 0.5) is 0 Å². The van der Waals surface area contributed by atoms with Gasteiger partial charge in [0.05, 0.1) is 0 Å². The lowest BCUT2D eigenvalue weighted by molar-refractivity contribution is 0.778. The van der Waals surface area contributed by atoms with Crippen molar-refractivity contribution < 1.29 is 0 Å². The Labute approximate surface area is 76.6 Å². The minimum absolute atomic E-state index is 0.0717. The van der Waals surface area contributed by atoms with Gasteiger partial charge in [0, 0.05) is 10.6 Å². The zero-order valence-electron chi connectivity index (χ0n) is 7.97. The molecule has 0 aromatic carbocycles. The van der Waals surface area contributed by atoms with Crippen LogP contribution in [0.3, 0.4) is 0 Å². The lowest BCUT2D eigenvalue weighted by atomic mass is 10.0. The van der Waals surface area contributed by atoms with Gasteiger partial charge in [-0.2, -0.15) is 0 Å². The predicted octanol–water partition coefficient (Wildman–Crippen LogP) is 2.68. The van der Waals surface area contributed by atoms with Crippen molar-refractivity contribution in [3.05, 3.63) is 20.2 Å². The third-order valence-corrected chi connectivity index (χ3v) is 3.01. The maximum atomic E-state index is 11.1. The Morgan fingerprint density at radius 2 is 1.75 bits per heavy atom. The van der Waals surface area contributed by atoms with Gasteiger partial charge in [0.1, 0.15) is 0 Å². The number of aromatic amines is 1. The second-order valence-corrected chi connectivity index (χ2v) is 4.62. The third kappa shape index (κ3) is 1.78. The first-order valence-corrected chi connectivity index (χ1v) is 5.07. The molecule has 0 unspecified atom stereocenters. The van der Waals surface area contributed by atoms with Crippen LogP contribution >= 0.6 is 11.3 Å². The maximum absolute atomic E-state index is 11.1. The van der Waals surface area contributed by atoms with E-state index in [1.165, 1.54) is 16.2 Å². The van der Waals surface area contributed by atoms with Crippen LogP contribution in [-0.4, -0.2) is 4.98 Å². The molecule has 1 N–H and O–H groups in total.